The lowest BCUT2D eigenvalue weighted by Crippen LogP contribution is -2.04. The number of halogens is 3. The Morgan fingerprint density at radius 2 is 1.84 bits per heavy atom. The molecule has 0 bridgehead atoms. The summed E-state index contributed by atoms with van der Waals surface area (Å²) in [5.41, 5.74) is 0.961. The fourth-order valence-corrected chi connectivity index (χ4v) is 1.96. The van der Waals surface area contributed by atoms with E-state index in [4.69, 9.17) is 5.26 Å². The minimum Gasteiger partial charge on any atom is -0.378 e. The Morgan fingerprint density at radius 1 is 1.11 bits per heavy atom. The van der Waals surface area contributed by atoms with E-state index in [-0.39, 0.29) is 12.2 Å². The third-order valence-electron chi connectivity index (χ3n) is 2.57. The summed E-state index contributed by atoms with van der Waals surface area (Å²) >= 11 is 3.24. The molecule has 0 aliphatic rings. The Morgan fingerprint density at radius 3 is 2.58 bits per heavy atom. The lowest BCUT2D eigenvalue weighted by molar-refractivity contribution is 0.610. The van der Waals surface area contributed by atoms with Gasteiger partial charge < -0.3 is 5.32 Å². The molecule has 0 radical (unpaired) electrons. The Kier molecular flexibility index (Phi) is 4.13. The first-order chi connectivity index (χ1) is 9.10. The van der Waals surface area contributed by atoms with E-state index in [1.807, 2.05) is 6.07 Å². The van der Waals surface area contributed by atoms with Gasteiger partial charge in [0.15, 0.2) is 0 Å². The number of nitrogens with one attached hydrogen (secondary N) is 1. The highest BCUT2D eigenvalue weighted by Crippen LogP contribution is 2.21. The molecule has 19 heavy (non-hydrogen) atoms. The Balaban J connectivity index is 2.19. The molecule has 0 amide bonds. The van der Waals surface area contributed by atoms with Gasteiger partial charge in [0, 0.05) is 16.6 Å². The van der Waals surface area contributed by atoms with Crippen molar-refractivity contribution < 1.29 is 8.78 Å². The zero-order valence-corrected chi connectivity index (χ0v) is 11.3. The van der Waals surface area contributed by atoms with Crippen LogP contribution >= 0.6 is 15.9 Å². The van der Waals surface area contributed by atoms with Crippen LogP contribution in [0.25, 0.3) is 0 Å². The molecule has 0 unspecified atom stereocenters. The molecule has 2 nitrogen and oxygen atoms in total. The molecule has 5 heteroatoms. The molecule has 0 aromatic heterocycles. The average molecular weight is 323 g/mol. The van der Waals surface area contributed by atoms with E-state index in [1.165, 1.54) is 24.3 Å². The molecule has 2 aromatic rings. The summed E-state index contributed by atoms with van der Waals surface area (Å²) in [7, 11) is 0. The first-order valence-electron chi connectivity index (χ1n) is 5.47. The lowest BCUT2D eigenvalue weighted by atomic mass is 10.1. The van der Waals surface area contributed by atoms with E-state index in [2.05, 4.69) is 21.2 Å². The van der Waals surface area contributed by atoms with E-state index < -0.39 is 11.6 Å². The SMILES string of the molecule is N#Cc1ccc(F)c(CNc2cc(Br)ccc2F)c1. The van der Waals surface area contributed by atoms with E-state index in [1.54, 1.807) is 12.1 Å². The number of hydrogen-bond donors (Lipinski definition) is 1. The van der Waals surface area contributed by atoms with Crippen molar-refractivity contribution in [3.8, 4) is 6.07 Å². The first-order valence-corrected chi connectivity index (χ1v) is 6.27. The highest BCUT2D eigenvalue weighted by molar-refractivity contribution is 9.10. The van der Waals surface area contributed by atoms with Crippen LogP contribution in [0.1, 0.15) is 11.1 Å². The van der Waals surface area contributed by atoms with Crippen LogP contribution in [0.15, 0.2) is 40.9 Å². The monoisotopic (exact) mass is 322 g/mol. The molecule has 0 spiro atoms. The summed E-state index contributed by atoms with van der Waals surface area (Å²) in [4.78, 5) is 0. The van der Waals surface area contributed by atoms with Gasteiger partial charge in [0.05, 0.1) is 17.3 Å². The highest BCUT2D eigenvalue weighted by Gasteiger charge is 2.06. The number of nitriles is 1. The third kappa shape index (κ3) is 3.30. The number of benzene rings is 2. The zero-order valence-electron chi connectivity index (χ0n) is 9.75. The summed E-state index contributed by atoms with van der Waals surface area (Å²) in [5.74, 6) is -0.845. The van der Waals surface area contributed by atoms with Gasteiger partial charge in [0.2, 0.25) is 0 Å². The smallest absolute Gasteiger partial charge is 0.146 e. The van der Waals surface area contributed by atoms with Crippen molar-refractivity contribution in [2.45, 2.75) is 6.54 Å². The second-order valence-electron chi connectivity index (χ2n) is 3.90. The largest absolute Gasteiger partial charge is 0.378 e. The second kappa shape index (κ2) is 5.81. The van der Waals surface area contributed by atoms with E-state index in [0.29, 0.717) is 11.1 Å². The molecule has 0 heterocycles. The van der Waals surface area contributed by atoms with Crippen LogP contribution in [0.5, 0.6) is 0 Å². The van der Waals surface area contributed by atoms with Crippen LogP contribution in [0.3, 0.4) is 0 Å². The number of rotatable bonds is 3. The normalized spacial score (nSPS) is 10.0. The minimum atomic E-state index is -0.429. The molecular formula is C14H9BrF2N2. The summed E-state index contributed by atoms with van der Waals surface area (Å²) < 4.78 is 27.7. The Labute approximate surface area is 117 Å². The van der Waals surface area contributed by atoms with Gasteiger partial charge in [-0.25, -0.2) is 8.78 Å². The average Bonchev–Trinajstić information content (AvgIpc) is 2.41. The molecule has 1 N–H and O–H groups in total. The van der Waals surface area contributed by atoms with Crippen LogP contribution < -0.4 is 5.32 Å². The first kappa shape index (κ1) is 13.5. The maximum absolute atomic E-state index is 13.5. The predicted octanol–water partition coefficient (Wildman–Crippen LogP) is 4.21. The van der Waals surface area contributed by atoms with Crippen molar-refractivity contribution in [2.24, 2.45) is 0 Å². The van der Waals surface area contributed by atoms with E-state index >= 15 is 0 Å². The van der Waals surface area contributed by atoms with Gasteiger partial charge in [0.25, 0.3) is 0 Å². The van der Waals surface area contributed by atoms with Crippen molar-refractivity contribution >= 4 is 21.6 Å². The van der Waals surface area contributed by atoms with Gasteiger partial charge in [-0.1, -0.05) is 15.9 Å². The molecule has 2 rings (SSSR count). The zero-order chi connectivity index (χ0) is 13.8. The van der Waals surface area contributed by atoms with Crippen LogP contribution in [-0.2, 0) is 6.54 Å². The van der Waals surface area contributed by atoms with Crippen LogP contribution in [0.2, 0.25) is 0 Å². The van der Waals surface area contributed by atoms with Gasteiger partial charge in [-0.05, 0) is 36.4 Å². The van der Waals surface area contributed by atoms with Crippen molar-refractivity contribution in [3.63, 3.8) is 0 Å². The molecule has 2 aromatic carbocycles. The molecule has 0 fully saturated rings. The molecule has 0 aliphatic carbocycles. The fourth-order valence-electron chi connectivity index (χ4n) is 1.60. The van der Waals surface area contributed by atoms with E-state index in [9.17, 15) is 8.78 Å². The number of anilines is 1. The maximum Gasteiger partial charge on any atom is 0.146 e. The summed E-state index contributed by atoms with van der Waals surface area (Å²) in [6.45, 7) is 0.106. The Hall–Kier alpha value is -1.93. The van der Waals surface area contributed by atoms with Gasteiger partial charge in [-0.2, -0.15) is 5.26 Å². The molecule has 96 valence electrons. The van der Waals surface area contributed by atoms with Gasteiger partial charge >= 0.3 is 0 Å². The summed E-state index contributed by atoms with van der Waals surface area (Å²) in [6, 6.07) is 10.5. The number of nitrogens with zero attached hydrogens (tertiary/aromatic N) is 1. The van der Waals surface area contributed by atoms with Gasteiger partial charge in [-0.3, -0.25) is 0 Å². The molecule has 0 atom stereocenters. The molecule has 0 saturated carbocycles. The van der Waals surface area contributed by atoms with Crippen molar-refractivity contribution in [2.75, 3.05) is 5.32 Å². The summed E-state index contributed by atoms with van der Waals surface area (Å²) in [6.07, 6.45) is 0. The molecule has 0 aliphatic heterocycles. The highest BCUT2D eigenvalue weighted by atomic mass is 79.9. The molecule has 0 saturated heterocycles. The second-order valence-corrected chi connectivity index (χ2v) is 4.81. The Bertz CT molecular complexity index is 650. The van der Waals surface area contributed by atoms with Crippen molar-refractivity contribution in [1.82, 2.24) is 0 Å². The third-order valence-corrected chi connectivity index (χ3v) is 3.07. The van der Waals surface area contributed by atoms with Gasteiger partial charge in [0.1, 0.15) is 11.6 Å². The lowest BCUT2D eigenvalue weighted by Gasteiger charge is -2.09. The molecular weight excluding hydrogens is 314 g/mol. The van der Waals surface area contributed by atoms with Crippen molar-refractivity contribution in [3.05, 3.63) is 63.6 Å². The maximum atomic E-state index is 13.5. The van der Waals surface area contributed by atoms with Crippen molar-refractivity contribution in [1.29, 1.82) is 5.26 Å². The summed E-state index contributed by atoms with van der Waals surface area (Å²) in [5, 5.41) is 11.6. The predicted molar refractivity (Wildman–Crippen MR) is 72.5 cm³/mol. The topological polar surface area (TPSA) is 35.8 Å². The fraction of sp³-hybridized carbons (Fsp3) is 0.0714. The quantitative estimate of drug-likeness (QED) is 0.918. The van der Waals surface area contributed by atoms with Crippen LogP contribution in [0.4, 0.5) is 14.5 Å². The van der Waals surface area contributed by atoms with E-state index in [0.717, 1.165) is 4.47 Å². The number of hydrogen-bond acceptors (Lipinski definition) is 2. The van der Waals surface area contributed by atoms with Gasteiger partial charge in [-0.15, -0.1) is 0 Å². The van der Waals surface area contributed by atoms with Crippen LogP contribution in [0, 0.1) is 23.0 Å². The van der Waals surface area contributed by atoms with Crippen LogP contribution in [-0.4, -0.2) is 0 Å². The standard InChI is InChI=1S/C14H9BrF2N2/c15-11-2-4-13(17)14(6-11)19-8-10-5-9(7-18)1-3-12(10)16/h1-6,19H,8H2. The minimum absolute atomic E-state index is 0.106.